The first-order valence-electron chi connectivity index (χ1n) is 12.8. The molecule has 2 fully saturated rings. The lowest BCUT2D eigenvalue weighted by molar-refractivity contribution is -0.129. The predicted molar refractivity (Wildman–Crippen MR) is 129 cm³/mol. The maximum Gasteiger partial charge on any atom is 0.220 e. The number of aromatic hydroxyl groups is 1. The molecule has 0 heterocycles. The molecule has 2 aromatic carbocycles. The summed E-state index contributed by atoms with van der Waals surface area (Å²) in [7, 11) is 0. The number of rotatable bonds is 6. The van der Waals surface area contributed by atoms with Gasteiger partial charge in [0.25, 0.3) is 0 Å². The van der Waals surface area contributed by atoms with E-state index in [-0.39, 0.29) is 29.3 Å². The number of amides is 1. The van der Waals surface area contributed by atoms with E-state index in [0.29, 0.717) is 48.5 Å². The van der Waals surface area contributed by atoms with Gasteiger partial charge in [0, 0.05) is 36.4 Å². The molecule has 2 N–H and O–H groups in total. The molecule has 0 spiro atoms. The molecule has 0 unspecified atom stereocenters. The number of Topliss-reactive ketones (excluding diaryl/α,β-unsaturated/α-hetero) is 1. The van der Waals surface area contributed by atoms with Gasteiger partial charge in [-0.3, -0.25) is 9.59 Å². The third kappa shape index (κ3) is 4.48. The van der Waals surface area contributed by atoms with Gasteiger partial charge in [-0.15, -0.1) is 0 Å². The molecular formula is C29H33F2NO3. The van der Waals surface area contributed by atoms with E-state index in [0.717, 1.165) is 38.2 Å². The summed E-state index contributed by atoms with van der Waals surface area (Å²) < 4.78 is 26.9. The smallest absolute Gasteiger partial charge is 0.220 e. The summed E-state index contributed by atoms with van der Waals surface area (Å²) in [5.74, 6) is 0.723. The molecule has 0 radical (unpaired) electrons. The van der Waals surface area contributed by atoms with Gasteiger partial charge in [0.15, 0.2) is 0 Å². The van der Waals surface area contributed by atoms with Gasteiger partial charge < -0.3 is 10.4 Å². The number of carbonyl (C=O) groups excluding carboxylic acids is 2. The van der Waals surface area contributed by atoms with Crippen LogP contribution in [0.3, 0.4) is 0 Å². The number of hydrogen-bond acceptors (Lipinski definition) is 3. The van der Waals surface area contributed by atoms with Gasteiger partial charge in [0.2, 0.25) is 5.91 Å². The average Bonchev–Trinajstić information content (AvgIpc) is 3.08. The Hall–Kier alpha value is -2.76. The second kappa shape index (κ2) is 9.36. The first kappa shape index (κ1) is 24.0. The van der Waals surface area contributed by atoms with Crippen LogP contribution in [0.5, 0.6) is 5.75 Å². The van der Waals surface area contributed by atoms with Gasteiger partial charge in [0.1, 0.15) is 23.2 Å². The van der Waals surface area contributed by atoms with Gasteiger partial charge in [-0.05, 0) is 91.5 Å². The van der Waals surface area contributed by atoms with Crippen molar-refractivity contribution < 1.29 is 23.5 Å². The highest BCUT2D eigenvalue weighted by atomic mass is 19.1. The number of carbonyl (C=O) groups is 2. The summed E-state index contributed by atoms with van der Waals surface area (Å²) >= 11 is 0. The van der Waals surface area contributed by atoms with E-state index < -0.39 is 11.6 Å². The van der Waals surface area contributed by atoms with Crippen LogP contribution in [0.2, 0.25) is 0 Å². The van der Waals surface area contributed by atoms with Crippen LogP contribution in [-0.4, -0.2) is 16.8 Å². The predicted octanol–water partition coefficient (Wildman–Crippen LogP) is 5.81. The normalized spacial score (nSPS) is 29.3. The van der Waals surface area contributed by atoms with E-state index in [1.54, 1.807) is 6.07 Å². The van der Waals surface area contributed by atoms with E-state index in [2.05, 4.69) is 18.3 Å². The fourth-order valence-corrected chi connectivity index (χ4v) is 7.37. The van der Waals surface area contributed by atoms with Gasteiger partial charge in [0.05, 0.1) is 0 Å². The van der Waals surface area contributed by atoms with Crippen LogP contribution in [-0.2, 0) is 22.6 Å². The molecule has 0 aliphatic heterocycles. The fourth-order valence-electron chi connectivity index (χ4n) is 7.37. The van der Waals surface area contributed by atoms with Crippen LogP contribution in [0.1, 0.15) is 74.5 Å². The van der Waals surface area contributed by atoms with E-state index in [1.807, 2.05) is 6.07 Å². The summed E-state index contributed by atoms with van der Waals surface area (Å²) in [5, 5.41) is 12.6. The van der Waals surface area contributed by atoms with Crippen molar-refractivity contribution in [2.24, 2.45) is 23.2 Å². The van der Waals surface area contributed by atoms with Crippen molar-refractivity contribution in [1.82, 2.24) is 5.32 Å². The Morgan fingerprint density at radius 1 is 1.17 bits per heavy atom. The Morgan fingerprint density at radius 2 is 2.00 bits per heavy atom. The Labute approximate surface area is 205 Å². The highest BCUT2D eigenvalue weighted by Gasteiger charge is 2.58. The van der Waals surface area contributed by atoms with Crippen LogP contribution in [0, 0.1) is 34.8 Å². The Balaban J connectivity index is 1.21. The minimum absolute atomic E-state index is 0.0340. The van der Waals surface area contributed by atoms with Crippen molar-refractivity contribution in [3.63, 3.8) is 0 Å². The number of halogens is 2. The van der Waals surface area contributed by atoms with Gasteiger partial charge in [-0.1, -0.05) is 19.1 Å². The number of hydrogen-bond donors (Lipinski definition) is 2. The maximum atomic E-state index is 13.8. The monoisotopic (exact) mass is 481 g/mol. The molecule has 5 rings (SSSR count). The zero-order valence-corrected chi connectivity index (χ0v) is 20.2. The third-order valence-electron chi connectivity index (χ3n) is 9.02. The molecule has 3 aliphatic rings. The number of ketones is 1. The minimum Gasteiger partial charge on any atom is -0.508 e. The third-order valence-corrected chi connectivity index (χ3v) is 9.02. The topological polar surface area (TPSA) is 66.4 Å². The van der Waals surface area contributed by atoms with E-state index in [1.165, 1.54) is 23.3 Å². The highest BCUT2D eigenvalue weighted by Crippen LogP contribution is 2.62. The van der Waals surface area contributed by atoms with E-state index in [9.17, 15) is 23.5 Å². The SMILES string of the molecule is C[C@]12CC[C@@H]3c4ccc(O)cc4CC[C@H]3[C@@H]1[C@H](CCCC(=O)NCc1ccc(F)cc1F)CC2=O. The van der Waals surface area contributed by atoms with Crippen LogP contribution in [0.4, 0.5) is 8.78 Å². The number of benzene rings is 2. The second-order valence-corrected chi connectivity index (χ2v) is 11.0. The minimum atomic E-state index is -0.662. The van der Waals surface area contributed by atoms with Gasteiger partial charge >= 0.3 is 0 Å². The molecule has 0 bridgehead atoms. The molecule has 5 atom stereocenters. The Bertz CT molecular complexity index is 1150. The molecule has 4 nitrogen and oxygen atoms in total. The number of phenols is 1. The summed E-state index contributed by atoms with van der Waals surface area (Å²) in [4.78, 5) is 25.5. The van der Waals surface area contributed by atoms with Crippen LogP contribution < -0.4 is 5.32 Å². The zero-order chi connectivity index (χ0) is 24.7. The number of nitrogens with one attached hydrogen (secondary N) is 1. The Morgan fingerprint density at radius 3 is 2.80 bits per heavy atom. The van der Waals surface area contributed by atoms with Crippen molar-refractivity contribution in [2.75, 3.05) is 0 Å². The molecule has 2 aromatic rings. The number of phenolic OH excluding ortho intramolecular Hbond substituents is 1. The zero-order valence-electron chi connectivity index (χ0n) is 20.2. The van der Waals surface area contributed by atoms with Crippen LogP contribution in [0.15, 0.2) is 36.4 Å². The molecular weight excluding hydrogens is 448 g/mol. The molecule has 0 saturated heterocycles. The molecule has 186 valence electrons. The quantitative estimate of drug-likeness (QED) is 0.547. The standard InChI is InChI=1S/C29H33F2NO3/c1-29-12-11-23-22-10-8-21(33)13-17(22)6-9-24(23)28(29)18(14-26(29)34)3-2-4-27(35)32-16-19-5-7-20(30)15-25(19)31/h5,7-8,10,13,15,18,23-24,28,33H,2-4,6,9,11-12,14,16H2,1H3,(H,32,35)/t18-,23-,24-,28+,29-/m1/s1. The molecule has 3 aliphatic carbocycles. The molecule has 0 aromatic heterocycles. The lowest BCUT2D eigenvalue weighted by Gasteiger charge is -2.50. The van der Waals surface area contributed by atoms with Crippen LogP contribution in [0.25, 0.3) is 0 Å². The molecule has 2 saturated carbocycles. The number of aryl methyl sites for hydroxylation is 1. The molecule has 1 amide bonds. The van der Waals surface area contributed by atoms with Gasteiger partial charge in [-0.25, -0.2) is 8.78 Å². The average molecular weight is 482 g/mol. The van der Waals surface area contributed by atoms with E-state index >= 15 is 0 Å². The maximum absolute atomic E-state index is 13.8. The summed E-state index contributed by atoms with van der Waals surface area (Å²) in [6.07, 6.45) is 6.31. The van der Waals surface area contributed by atoms with Gasteiger partial charge in [-0.2, -0.15) is 0 Å². The number of fused-ring (bicyclic) bond motifs is 5. The fraction of sp³-hybridized carbons (Fsp3) is 0.517. The largest absolute Gasteiger partial charge is 0.508 e. The first-order valence-corrected chi connectivity index (χ1v) is 12.8. The van der Waals surface area contributed by atoms with Crippen molar-refractivity contribution in [2.45, 2.75) is 70.8 Å². The first-order chi connectivity index (χ1) is 16.8. The summed E-state index contributed by atoms with van der Waals surface area (Å²) in [6, 6.07) is 9.10. The Kier molecular flexibility index (Phi) is 6.41. The highest BCUT2D eigenvalue weighted by molar-refractivity contribution is 5.87. The van der Waals surface area contributed by atoms with Crippen molar-refractivity contribution in [3.8, 4) is 5.75 Å². The van der Waals surface area contributed by atoms with Crippen molar-refractivity contribution in [3.05, 3.63) is 64.7 Å². The van der Waals surface area contributed by atoms with Crippen LogP contribution >= 0.6 is 0 Å². The van der Waals surface area contributed by atoms with Crippen molar-refractivity contribution in [1.29, 1.82) is 0 Å². The lowest BCUT2D eigenvalue weighted by Crippen LogP contribution is -2.44. The van der Waals surface area contributed by atoms with Crippen molar-refractivity contribution >= 4 is 11.7 Å². The summed E-state index contributed by atoms with van der Waals surface area (Å²) in [5.41, 5.74) is 2.57. The molecule has 6 heteroatoms. The lowest BCUT2D eigenvalue weighted by atomic mass is 9.54. The second-order valence-electron chi connectivity index (χ2n) is 11.0. The summed E-state index contributed by atoms with van der Waals surface area (Å²) in [6.45, 7) is 2.19. The van der Waals surface area contributed by atoms with E-state index in [4.69, 9.17) is 0 Å². The molecule has 35 heavy (non-hydrogen) atoms.